The molecule has 0 bridgehead atoms. The lowest BCUT2D eigenvalue weighted by Gasteiger charge is -2.15. The predicted octanol–water partition coefficient (Wildman–Crippen LogP) is 3.28. The second-order valence-corrected chi connectivity index (χ2v) is 3.63. The first kappa shape index (κ1) is 16.3. The lowest BCUT2D eigenvalue weighted by molar-refractivity contribution is -0.145. The summed E-state index contributed by atoms with van der Waals surface area (Å²) in [6.07, 6.45) is -9.67. The highest BCUT2D eigenvalue weighted by Gasteiger charge is 2.40. The van der Waals surface area contributed by atoms with Crippen LogP contribution in [0.15, 0.2) is 6.20 Å². The van der Waals surface area contributed by atoms with Gasteiger partial charge in [0.2, 0.25) is 0 Å². The van der Waals surface area contributed by atoms with Gasteiger partial charge in [-0.25, -0.2) is 18.2 Å². The molecule has 1 heterocycles. The maximum absolute atomic E-state index is 13.4. The SMILES string of the molecule is CCOC(=O)Cc1c(F)cnc(C(F)(F)F)c1C(F)F. The highest BCUT2D eigenvalue weighted by atomic mass is 19.4. The molecule has 112 valence electrons. The van der Waals surface area contributed by atoms with Crippen LogP contribution >= 0.6 is 0 Å². The van der Waals surface area contributed by atoms with Gasteiger partial charge in [0.15, 0.2) is 5.69 Å². The van der Waals surface area contributed by atoms with Gasteiger partial charge >= 0.3 is 12.1 Å². The summed E-state index contributed by atoms with van der Waals surface area (Å²) >= 11 is 0. The zero-order chi connectivity index (χ0) is 15.5. The zero-order valence-corrected chi connectivity index (χ0v) is 10.1. The Balaban J connectivity index is 3.37. The summed E-state index contributed by atoms with van der Waals surface area (Å²) in [6, 6.07) is 0. The van der Waals surface area contributed by atoms with E-state index in [1.54, 1.807) is 0 Å². The Morgan fingerprint density at radius 2 is 2.00 bits per heavy atom. The summed E-state index contributed by atoms with van der Waals surface area (Å²) in [5, 5.41) is 0. The first-order valence-corrected chi connectivity index (χ1v) is 5.36. The number of carbonyl (C=O) groups is 1. The van der Waals surface area contributed by atoms with Crippen molar-refractivity contribution in [1.29, 1.82) is 0 Å². The van der Waals surface area contributed by atoms with Crippen LogP contribution in [0.5, 0.6) is 0 Å². The van der Waals surface area contributed by atoms with Crippen LogP contribution in [0.25, 0.3) is 0 Å². The van der Waals surface area contributed by atoms with Crippen molar-refractivity contribution >= 4 is 5.97 Å². The van der Waals surface area contributed by atoms with Crippen molar-refractivity contribution in [1.82, 2.24) is 4.98 Å². The Labute approximate surface area is 109 Å². The minimum atomic E-state index is -5.18. The number of hydrogen-bond acceptors (Lipinski definition) is 3. The molecular weight excluding hydrogens is 292 g/mol. The molecule has 1 rings (SSSR count). The molecule has 20 heavy (non-hydrogen) atoms. The van der Waals surface area contributed by atoms with Crippen molar-refractivity contribution in [2.45, 2.75) is 25.9 Å². The molecule has 0 N–H and O–H groups in total. The van der Waals surface area contributed by atoms with Crippen molar-refractivity contribution < 1.29 is 35.9 Å². The number of ether oxygens (including phenoxy) is 1. The minimum Gasteiger partial charge on any atom is -0.466 e. The Morgan fingerprint density at radius 1 is 1.40 bits per heavy atom. The summed E-state index contributed by atoms with van der Waals surface area (Å²) in [5.74, 6) is -2.52. The van der Waals surface area contributed by atoms with Gasteiger partial charge < -0.3 is 4.74 Å². The second-order valence-electron chi connectivity index (χ2n) is 3.63. The molecule has 0 saturated heterocycles. The Bertz CT molecular complexity index is 500. The summed E-state index contributed by atoms with van der Waals surface area (Å²) in [6.45, 7) is 1.30. The third kappa shape index (κ3) is 3.61. The van der Waals surface area contributed by atoms with Crippen LogP contribution in [-0.4, -0.2) is 17.6 Å². The van der Waals surface area contributed by atoms with Crippen LogP contribution in [0.3, 0.4) is 0 Å². The molecule has 0 atom stereocenters. The molecule has 0 fully saturated rings. The first-order valence-electron chi connectivity index (χ1n) is 5.36. The molecule has 1 aromatic heterocycles. The highest BCUT2D eigenvalue weighted by Crippen LogP contribution is 2.37. The number of pyridine rings is 1. The number of halogens is 6. The Hall–Kier alpha value is -1.80. The lowest BCUT2D eigenvalue weighted by Crippen LogP contribution is -2.18. The van der Waals surface area contributed by atoms with Gasteiger partial charge in [0.1, 0.15) is 5.82 Å². The number of hydrogen-bond donors (Lipinski definition) is 0. The third-order valence-corrected chi connectivity index (χ3v) is 2.29. The normalized spacial score (nSPS) is 11.8. The summed E-state index contributed by atoms with van der Waals surface area (Å²) in [4.78, 5) is 13.8. The van der Waals surface area contributed by atoms with E-state index in [2.05, 4.69) is 9.72 Å². The maximum Gasteiger partial charge on any atom is 0.433 e. The van der Waals surface area contributed by atoms with Gasteiger partial charge in [-0.1, -0.05) is 0 Å². The average molecular weight is 301 g/mol. The van der Waals surface area contributed by atoms with Gasteiger partial charge in [0.25, 0.3) is 6.43 Å². The highest BCUT2D eigenvalue weighted by molar-refractivity contribution is 5.73. The van der Waals surface area contributed by atoms with E-state index in [0.29, 0.717) is 0 Å². The number of carbonyl (C=O) groups excluding carboxylic acids is 1. The van der Waals surface area contributed by atoms with E-state index >= 15 is 0 Å². The minimum absolute atomic E-state index is 0.109. The van der Waals surface area contributed by atoms with Crippen molar-refractivity contribution in [2.75, 3.05) is 6.61 Å². The van der Waals surface area contributed by atoms with Crippen LogP contribution < -0.4 is 0 Å². The summed E-state index contributed by atoms with van der Waals surface area (Å²) in [7, 11) is 0. The van der Waals surface area contributed by atoms with Crippen LogP contribution in [0.4, 0.5) is 26.3 Å². The average Bonchev–Trinajstić information content (AvgIpc) is 2.29. The van der Waals surface area contributed by atoms with Crippen molar-refractivity contribution in [3.8, 4) is 0 Å². The molecule has 3 nitrogen and oxygen atoms in total. The smallest absolute Gasteiger partial charge is 0.433 e. The van der Waals surface area contributed by atoms with Gasteiger partial charge in [-0.2, -0.15) is 13.2 Å². The lowest BCUT2D eigenvalue weighted by atomic mass is 10.0. The maximum atomic E-state index is 13.4. The van der Waals surface area contributed by atoms with Crippen molar-refractivity contribution in [2.24, 2.45) is 0 Å². The van der Waals surface area contributed by atoms with Crippen LogP contribution in [0, 0.1) is 5.82 Å². The summed E-state index contributed by atoms with van der Waals surface area (Å²) < 4.78 is 81.1. The molecule has 9 heteroatoms. The third-order valence-electron chi connectivity index (χ3n) is 2.29. The molecule has 0 saturated carbocycles. The Morgan fingerprint density at radius 3 is 2.45 bits per heavy atom. The van der Waals surface area contributed by atoms with Gasteiger partial charge in [-0.15, -0.1) is 0 Å². The summed E-state index contributed by atoms with van der Waals surface area (Å²) in [5.41, 5.74) is -4.60. The van der Waals surface area contributed by atoms with Gasteiger partial charge in [0, 0.05) is 5.56 Å². The van der Waals surface area contributed by atoms with Gasteiger partial charge in [-0.3, -0.25) is 4.79 Å². The predicted molar refractivity (Wildman–Crippen MR) is 54.5 cm³/mol. The fourth-order valence-corrected chi connectivity index (χ4v) is 1.54. The molecule has 0 aliphatic heterocycles. The van der Waals surface area contributed by atoms with Gasteiger partial charge in [0.05, 0.1) is 24.8 Å². The number of rotatable bonds is 4. The van der Waals surface area contributed by atoms with E-state index in [4.69, 9.17) is 0 Å². The van der Waals surface area contributed by atoms with Crippen LogP contribution in [0.2, 0.25) is 0 Å². The van der Waals surface area contributed by atoms with E-state index < -0.39 is 47.6 Å². The van der Waals surface area contributed by atoms with Crippen molar-refractivity contribution in [3.05, 3.63) is 28.8 Å². The standard InChI is InChI=1S/C11H9F6NO2/c1-2-20-7(19)3-5-6(12)4-18-9(11(15,16)17)8(5)10(13)14/h4,10H,2-3H2,1H3. The second kappa shape index (κ2) is 6.10. The van der Waals surface area contributed by atoms with Crippen LogP contribution in [-0.2, 0) is 22.1 Å². The first-order chi connectivity index (χ1) is 9.18. The number of alkyl halides is 5. The molecule has 0 radical (unpaired) electrons. The van der Waals surface area contributed by atoms with Crippen molar-refractivity contribution in [3.63, 3.8) is 0 Å². The zero-order valence-electron chi connectivity index (χ0n) is 10.1. The molecule has 1 aromatic rings. The quantitative estimate of drug-likeness (QED) is 0.633. The Kier molecular flexibility index (Phi) is 4.96. The van der Waals surface area contributed by atoms with E-state index in [1.165, 1.54) is 6.92 Å². The number of esters is 1. The molecule has 0 aromatic carbocycles. The molecule has 0 amide bonds. The molecule has 0 aliphatic carbocycles. The molecule has 0 spiro atoms. The molecule has 0 unspecified atom stereocenters. The number of aromatic nitrogens is 1. The van der Waals surface area contributed by atoms with E-state index in [0.717, 1.165) is 0 Å². The monoisotopic (exact) mass is 301 g/mol. The van der Waals surface area contributed by atoms with E-state index in [9.17, 15) is 31.1 Å². The van der Waals surface area contributed by atoms with E-state index in [1.807, 2.05) is 0 Å². The fourth-order valence-electron chi connectivity index (χ4n) is 1.54. The number of nitrogens with zero attached hydrogens (tertiary/aromatic N) is 1. The van der Waals surface area contributed by atoms with E-state index in [-0.39, 0.29) is 12.8 Å². The van der Waals surface area contributed by atoms with Crippen LogP contribution in [0.1, 0.15) is 30.2 Å². The van der Waals surface area contributed by atoms with Gasteiger partial charge in [-0.05, 0) is 6.92 Å². The fraction of sp³-hybridized carbons (Fsp3) is 0.455. The largest absolute Gasteiger partial charge is 0.466 e. The molecular formula is C11H9F6NO2. The topological polar surface area (TPSA) is 39.2 Å². The molecule has 0 aliphatic rings.